The number of halogens is 2. The van der Waals surface area contributed by atoms with Crippen LogP contribution in [0.5, 0.6) is 0 Å². The molecule has 0 atom stereocenters. The highest BCUT2D eigenvalue weighted by atomic mass is 19.2. The Morgan fingerprint density at radius 2 is 2.06 bits per heavy atom. The van der Waals surface area contributed by atoms with Crippen LogP contribution < -0.4 is 10.9 Å². The van der Waals surface area contributed by atoms with Gasteiger partial charge in [0, 0.05) is 19.2 Å². The summed E-state index contributed by atoms with van der Waals surface area (Å²) in [5.74, 6) is -1.85. The van der Waals surface area contributed by atoms with Crippen molar-refractivity contribution in [1.82, 2.24) is 15.1 Å². The van der Waals surface area contributed by atoms with E-state index in [-0.39, 0.29) is 5.56 Å². The topological polar surface area (TPSA) is 49.8 Å². The second-order valence-electron chi connectivity index (χ2n) is 3.99. The average Bonchev–Trinajstić information content (AvgIpc) is 2.61. The third-order valence-electron chi connectivity index (χ3n) is 2.71. The lowest BCUT2D eigenvalue weighted by Crippen LogP contribution is -2.19. The number of H-pyrrole nitrogens is 1. The van der Waals surface area contributed by atoms with E-state index in [0.717, 1.165) is 12.1 Å². The summed E-state index contributed by atoms with van der Waals surface area (Å²) in [6, 6.07) is 3.54. The molecular weight excluding hydrogens is 240 g/mol. The Kier molecular flexibility index (Phi) is 3.29. The zero-order valence-electron chi connectivity index (χ0n) is 10.1. The van der Waals surface area contributed by atoms with E-state index in [2.05, 4.69) is 10.4 Å². The van der Waals surface area contributed by atoms with Gasteiger partial charge in [-0.05, 0) is 25.2 Å². The summed E-state index contributed by atoms with van der Waals surface area (Å²) in [5, 5.41) is 5.71. The van der Waals surface area contributed by atoms with Gasteiger partial charge >= 0.3 is 0 Å². The molecule has 2 rings (SSSR count). The molecule has 0 fully saturated rings. The molecule has 0 spiro atoms. The van der Waals surface area contributed by atoms with Crippen molar-refractivity contribution in [2.75, 3.05) is 7.05 Å². The normalized spacial score (nSPS) is 10.9. The molecule has 2 aromatic rings. The van der Waals surface area contributed by atoms with E-state index in [9.17, 15) is 13.6 Å². The van der Waals surface area contributed by atoms with Crippen LogP contribution in [-0.2, 0) is 13.6 Å². The standard InChI is InChI=1S/C12H13F2N3O/c1-15-6-8-11(16-17(2)12(8)18)7-3-4-9(13)10(14)5-7/h3-5,15-16H,6H2,1-2H3. The van der Waals surface area contributed by atoms with Gasteiger partial charge < -0.3 is 5.32 Å². The minimum absolute atomic E-state index is 0.191. The maximum Gasteiger partial charge on any atom is 0.271 e. The predicted octanol–water partition coefficient (Wildman–Crippen LogP) is 1.38. The van der Waals surface area contributed by atoms with E-state index in [1.807, 2.05) is 0 Å². The van der Waals surface area contributed by atoms with Crippen molar-refractivity contribution in [3.05, 3.63) is 45.8 Å². The van der Waals surface area contributed by atoms with Gasteiger partial charge in [0.05, 0.1) is 11.3 Å². The van der Waals surface area contributed by atoms with E-state index in [4.69, 9.17) is 0 Å². The van der Waals surface area contributed by atoms with Gasteiger partial charge in [0.1, 0.15) is 0 Å². The molecule has 0 unspecified atom stereocenters. The number of rotatable bonds is 3. The summed E-state index contributed by atoms with van der Waals surface area (Å²) in [6.07, 6.45) is 0. The van der Waals surface area contributed by atoms with Crippen molar-refractivity contribution < 1.29 is 8.78 Å². The average molecular weight is 253 g/mol. The van der Waals surface area contributed by atoms with Gasteiger partial charge in [-0.3, -0.25) is 14.6 Å². The van der Waals surface area contributed by atoms with E-state index < -0.39 is 11.6 Å². The Bertz CT molecular complexity index is 631. The smallest absolute Gasteiger partial charge is 0.271 e. The first-order valence-corrected chi connectivity index (χ1v) is 5.42. The number of aryl methyl sites for hydroxylation is 1. The van der Waals surface area contributed by atoms with Crippen LogP contribution in [0.4, 0.5) is 8.78 Å². The van der Waals surface area contributed by atoms with Crippen LogP contribution in [0.25, 0.3) is 11.3 Å². The van der Waals surface area contributed by atoms with Crippen molar-refractivity contribution in [2.24, 2.45) is 7.05 Å². The number of hydrogen-bond acceptors (Lipinski definition) is 2. The number of benzene rings is 1. The Hall–Kier alpha value is -1.95. The molecule has 6 heteroatoms. The van der Waals surface area contributed by atoms with Crippen molar-refractivity contribution in [1.29, 1.82) is 0 Å². The summed E-state index contributed by atoms with van der Waals surface area (Å²) >= 11 is 0. The van der Waals surface area contributed by atoms with Crippen LogP contribution in [0.1, 0.15) is 5.56 Å². The summed E-state index contributed by atoms with van der Waals surface area (Å²) in [7, 11) is 3.28. The maximum atomic E-state index is 13.2. The third kappa shape index (κ3) is 2.06. The first kappa shape index (κ1) is 12.5. The summed E-state index contributed by atoms with van der Waals surface area (Å²) in [4.78, 5) is 11.8. The summed E-state index contributed by atoms with van der Waals surface area (Å²) in [5.41, 5.74) is 1.24. The van der Waals surface area contributed by atoms with Gasteiger partial charge in [-0.2, -0.15) is 0 Å². The highest BCUT2D eigenvalue weighted by Crippen LogP contribution is 2.21. The van der Waals surface area contributed by atoms with E-state index in [1.54, 1.807) is 14.1 Å². The van der Waals surface area contributed by atoms with Gasteiger partial charge in [-0.15, -0.1) is 0 Å². The maximum absolute atomic E-state index is 13.2. The van der Waals surface area contributed by atoms with Gasteiger partial charge in [-0.1, -0.05) is 0 Å². The minimum Gasteiger partial charge on any atom is -0.315 e. The number of hydrogen-bond donors (Lipinski definition) is 2. The molecule has 96 valence electrons. The molecule has 2 N–H and O–H groups in total. The van der Waals surface area contributed by atoms with Gasteiger partial charge in [0.25, 0.3) is 5.56 Å². The molecule has 1 aromatic heterocycles. The molecule has 1 aromatic carbocycles. The molecule has 0 aliphatic heterocycles. The number of nitrogens with zero attached hydrogens (tertiary/aromatic N) is 1. The van der Waals surface area contributed by atoms with Crippen LogP contribution in [0.2, 0.25) is 0 Å². The van der Waals surface area contributed by atoms with Gasteiger partial charge in [0.2, 0.25) is 0 Å². The second kappa shape index (κ2) is 4.73. The van der Waals surface area contributed by atoms with Crippen molar-refractivity contribution in [3.63, 3.8) is 0 Å². The first-order valence-electron chi connectivity index (χ1n) is 5.42. The van der Waals surface area contributed by atoms with Crippen molar-refractivity contribution in [3.8, 4) is 11.3 Å². The summed E-state index contributed by atoms with van der Waals surface area (Å²) in [6.45, 7) is 0.352. The van der Waals surface area contributed by atoms with E-state index in [1.165, 1.54) is 10.7 Å². The Morgan fingerprint density at radius 1 is 1.33 bits per heavy atom. The highest BCUT2D eigenvalue weighted by Gasteiger charge is 2.14. The predicted molar refractivity (Wildman–Crippen MR) is 64.1 cm³/mol. The van der Waals surface area contributed by atoms with Crippen LogP contribution in [0, 0.1) is 11.6 Å². The monoisotopic (exact) mass is 253 g/mol. The zero-order chi connectivity index (χ0) is 13.3. The molecule has 0 amide bonds. The fraction of sp³-hybridized carbons (Fsp3) is 0.250. The molecule has 4 nitrogen and oxygen atoms in total. The lowest BCUT2D eigenvalue weighted by Gasteiger charge is -2.03. The molecule has 0 radical (unpaired) electrons. The first-order chi connectivity index (χ1) is 8.54. The Balaban J connectivity index is 2.59. The lowest BCUT2D eigenvalue weighted by molar-refractivity contribution is 0.509. The van der Waals surface area contributed by atoms with Crippen LogP contribution >= 0.6 is 0 Å². The van der Waals surface area contributed by atoms with Crippen LogP contribution in [0.15, 0.2) is 23.0 Å². The molecule has 0 aliphatic rings. The lowest BCUT2D eigenvalue weighted by atomic mass is 10.1. The quantitative estimate of drug-likeness (QED) is 0.868. The molecule has 0 aliphatic carbocycles. The Labute approximate surface area is 102 Å². The molecular formula is C12H13F2N3O. The van der Waals surface area contributed by atoms with Gasteiger partial charge in [-0.25, -0.2) is 8.78 Å². The fourth-order valence-corrected chi connectivity index (χ4v) is 1.83. The number of nitrogens with one attached hydrogen (secondary N) is 2. The fourth-order valence-electron chi connectivity index (χ4n) is 1.83. The van der Waals surface area contributed by atoms with Gasteiger partial charge in [0.15, 0.2) is 11.6 Å². The number of aromatic amines is 1. The number of aromatic nitrogens is 2. The van der Waals surface area contributed by atoms with E-state index >= 15 is 0 Å². The molecule has 0 saturated heterocycles. The SMILES string of the molecule is CNCc1c(-c2ccc(F)c(F)c2)[nH]n(C)c1=O. The molecule has 0 saturated carbocycles. The molecule has 18 heavy (non-hydrogen) atoms. The van der Waals surface area contributed by atoms with E-state index in [0.29, 0.717) is 23.4 Å². The summed E-state index contributed by atoms with van der Waals surface area (Å²) < 4.78 is 27.4. The zero-order valence-corrected chi connectivity index (χ0v) is 10.1. The van der Waals surface area contributed by atoms with Crippen molar-refractivity contribution in [2.45, 2.75) is 6.54 Å². The minimum atomic E-state index is -0.937. The van der Waals surface area contributed by atoms with Crippen molar-refractivity contribution >= 4 is 0 Å². The molecule has 1 heterocycles. The second-order valence-corrected chi connectivity index (χ2v) is 3.99. The highest BCUT2D eigenvalue weighted by molar-refractivity contribution is 5.62. The Morgan fingerprint density at radius 3 is 2.67 bits per heavy atom. The van der Waals surface area contributed by atoms with Crippen LogP contribution in [0.3, 0.4) is 0 Å². The largest absolute Gasteiger partial charge is 0.315 e. The third-order valence-corrected chi connectivity index (χ3v) is 2.71. The molecule has 0 bridgehead atoms. The van der Waals surface area contributed by atoms with Crippen LogP contribution in [-0.4, -0.2) is 16.8 Å².